The van der Waals surface area contributed by atoms with Crippen molar-refractivity contribution in [3.8, 4) is 11.5 Å². The number of para-hydroxylation sites is 1. The molecule has 1 amide bonds. The fourth-order valence-electron chi connectivity index (χ4n) is 2.73. The third kappa shape index (κ3) is 3.76. The zero-order chi connectivity index (χ0) is 16.8. The van der Waals surface area contributed by atoms with Gasteiger partial charge in [-0.3, -0.25) is 9.78 Å². The van der Waals surface area contributed by atoms with E-state index >= 15 is 0 Å². The lowest BCUT2D eigenvalue weighted by Crippen LogP contribution is -2.39. The van der Waals surface area contributed by atoms with Gasteiger partial charge in [-0.25, -0.2) is 0 Å². The summed E-state index contributed by atoms with van der Waals surface area (Å²) in [5.74, 6) is 1.30. The maximum absolute atomic E-state index is 12.3. The number of aromatic nitrogens is 1. The van der Waals surface area contributed by atoms with Crippen LogP contribution in [-0.4, -0.2) is 37.7 Å². The molecule has 24 heavy (non-hydrogen) atoms. The van der Waals surface area contributed by atoms with Crippen LogP contribution in [0.2, 0.25) is 0 Å². The number of anilines is 1. The second kappa shape index (κ2) is 7.68. The van der Waals surface area contributed by atoms with Crippen LogP contribution in [0, 0.1) is 5.92 Å². The van der Waals surface area contributed by atoms with Crippen LogP contribution in [0.15, 0.2) is 42.7 Å². The van der Waals surface area contributed by atoms with E-state index in [1.165, 1.54) is 0 Å². The number of hydrogen-bond acceptors (Lipinski definition) is 5. The van der Waals surface area contributed by atoms with Gasteiger partial charge in [-0.05, 0) is 30.2 Å². The summed E-state index contributed by atoms with van der Waals surface area (Å²) < 4.78 is 11.0. The summed E-state index contributed by atoms with van der Waals surface area (Å²) in [4.78, 5) is 16.3. The number of amides is 1. The Morgan fingerprint density at radius 3 is 3.04 bits per heavy atom. The van der Waals surface area contributed by atoms with Crippen molar-refractivity contribution in [2.24, 2.45) is 5.92 Å². The molecule has 0 saturated carbocycles. The second-order valence-corrected chi connectivity index (χ2v) is 5.62. The van der Waals surface area contributed by atoms with E-state index in [0.29, 0.717) is 31.9 Å². The Hall–Kier alpha value is -2.76. The first-order valence-corrected chi connectivity index (χ1v) is 7.98. The lowest BCUT2D eigenvalue weighted by Gasteiger charge is -2.25. The number of carbonyl (C=O) groups excluding carboxylic acids is 1. The molecule has 0 fully saturated rings. The van der Waals surface area contributed by atoms with Crippen LogP contribution in [0.25, 0.3) is 0 Å². The summed E-state index contributed by atoms with van der Waals surface area (Å²) in [6.07, 6.45) is 4.14. The van der Waals surface area contributed by atoms with E-state index in [9.17, 15) is 4.79 Å². The van der Waals surface area contributed by atoms with Crippen molar-refractivity contribution in [3.63, 3.8) is 0 Å². The molecule has 0 unspecified atom stereocenters. The molecule has 1 aliphatic heterocycles. The zero-order valence-corrected chi connectivity index (χ0v) is 13.6. The third-order valence-corrected chi connectivity index (χ3v) is 3.96. The smallest absolute Gasteiger partial charge is 0.226 e. The van der Waals surface area contributed by atoms with Gasteiger partial charge >= 0.3 is 0 Å². The van der Waals surface area contributed by atoms with Crippen molar-refractivity contribution >= 4 is 11.6 Å². The lowest BCUT2D eigenvalue weighted by atomic mass is 9.95. The van der Waals surface area contributed by atoms with Gasteiger partial charge in [-0.15, -0.1) is 0 Å². The number of methoxy groups -OCH3 is 1. The number of fused-ring (bicyclic) bond motifs is 1. The van der Waals surface area contributed by atoms with Crippen LogP contribution >= 0.6 is 0 Å². The minimum atomic E-state index is -0.178. The quantitative estimate of drug-likeness (QED) is 0.793. The largest absolute Gasteiger partial charge is 0.493 e. The molecule has 0 bridgehead atoms. The first-order chi connectivity index (χ1) is 11.8. The summed E-state index contributed by atoms with van der Waals surface area (Å²) in [7, 11) is 1.62. The Labute approximate surface area is 141 Å². The third-order valence-electron chi connectivity index (χ3n) is 3.96. The minimum Gasteiger partial charge on any atom is -0.493 e. The van der Waals surface area contributed by atoms with E-state index in [1.54, 1.807) is 19.5 Å². The Morgan fingerprint density at radius 1 is 1.33 bits per heavy atom. The molecule has 1 atom stereocenters. The molecule has 1 aliphatic rings. The van der Waals surface area contributed by atoms with Crippen molar-refractivity contribution in [1.82, 2.24) is 10.3 Å². The Balaban J connectivity index is 1.48. The van der Waals surface area contributed by atoms with Gasteiger partial charge < -0.3 is 20.1 Å². The highest BCUT2D eigenvalue weighted by Crippen LogP contribution is 2.35. The van der Waals surface area contributed by atoms with Crippen LogP contribution in [0.4, 0.5) is 5.69 Å². The summed E-state index contributed by atoms with van der Waals surface area (Å²) in [5, 5.41) is 6.16. The van der Waals surface area contributed by atoms with Crippen LogP contribution in [0.1, 0.15) is 5.56 Å². The number of rotatable bonds is 6. The molecule has 6 heteroatoms. The molecule has 0 aliphatic carbocycles. The fourth-order valence-corrected chi connectivity index (χ4v) is 2.73. The average molecular weight is 327 g/mol. The summed E-state index contributed by atoms with van der Waals surface area (Å²) in [6, 6.07) is 9.56. The van der Waals surface area contributed by atoms with Gasteiger partial charge in [-0.1, -0.05) is 12.1 Å². The SMILES string of the molecule is COc1cccc2c1OC[C@H](C(=O)NCCNc1cccnc1)C2. The van der Waals surface area contributed by atoms with Gasteiger partial charge in [0.1, 0.15) is 6.61 Å². The van der Waals surface area contributed by atoms with Gasteiger partial charge in [0.05, 0.1) is 18.7 Å². The molecule has 6 nitrogen and oxygen atoms in total. The van der Waals surface area contributed by atoms with Crippen molar-refractivity contribution in [3.05, 3.63) is 48.3 Å². The molecule has 0 saturated heterocycles. The van der Waals surface area contributed by atoms with E-state index in [0.717, 1.165) is 17.0 Å². The van der Waals surface area contributed by atoms with Crippen molar-refractivity contribution in [2.75, 3.05) is 32.1 Å². The van der Waals surface area contributed by atoms with Crippen molar-refractivity contribution in [2.45, 2.75) is 6.42 Å². The number of carbonyl (C=O) groups is 1. The van der Waals surface area contributed by atoms with E-state index in [1.807, 2.05) is 30.3 Å². The van der Waals surface area contributed by atoms with Crippen LogP contribution in [0.5, 0.6) is 11.5 Å². The molecule has 0 spiro atoms. The molecular formula is C18H21N3O3. The topological polar surface area (TPSA) is 72.5 Å². The molecule has 126 valence electrons. The predicted molar refractivity (Wildman–Crippen MR) is 91.4 cm³/mol. The molecule has 1 aromatic heterocycles. The molecular weight excluding hydrogens is 306 g/mol. The number of pyridine rings is 1. The Morgan fingerprint density at radius 2 is 2.25 bits per heavy atom. The summed E-state index contributed by atoms with van der Waals surface area (Å²) >= 11 is 0. The van der Waals surface area contributed by atoms with Gasteiger partial charge in [0.15, 0.2) is 11.5 Å². The van der Waals surface area contributed by atoms with E-state index in [4.69, 9.17) is 9.47 Å². The number of hydrogen-bond donors (Lipinski definition) is 2. The number of benzene rings is 1. The van der Waals surface area contributed by atoms with Crippen LogP contribution in [0.3, 0.4) is 0 Å². The molecule has 3 rings (SSSR count). The number of nitrogens with zero attached hydrogens (tertiary/aromatic N) is 1. The molecule has 2 aromatic rings. The van der Waals surface area contributed by atoms with E-state index in [-0.39, 0.29) is 11.8 Å². The Kier molecular flexibility index (Phi) is 5.15. The standard InChI is InChI=1S/C18H21N3O3/c1-23-16-6-2-4-13-10-14(12-24-17(13)16)18(22)21-9-8-20-15-5-3-7-19-11-15/h2-7,11,14,20H,8-10,12H2,1H3,(H,21,22)/t14-/m1/s1. The first-order valence-electron chi connectivity index (χ1n) is 7.98. The Bertz CT molecular complexity index is 691. The summed E-state index contributed by atoms with van der Waals surface area (Å²) in [5.41, 5.74) is 1.95. The number of ether oxygens (including phenoxy) is 2. The van der Waals surface area contributed by atoms with Gasteiger partial charge in [-0.2, -0.15) is 0 Å². The van der Waals surface area contributed by atoms with E-state index in [2.05, 4.69) is 15.6 Å². The van der Waals surface area contributed by atoms with Crippen molar-refractivity contribution in [1.29, 1.82) is 0 Å². The highest BCUT2D eigenvalue weighted by molar-refractivity contribution is 5.79. The normalized spacial score (nSPS) is 15.8. The monoisotopic (exact) mass is 327 g/mol. The maximum Gasteiger partial charge on any atom is 0.226 e. The van der Waals surface area contributed by atoms with Gasteiger partial charge in [0, 0.05) is 25.5 Å². The lowest BCUT2D eigenvalue weighted by molar-refractivity contribution is -0.126. The van der Waals surface area contributed by atoms with Crippen LogP contribution in [-0.2, 0) is 11.2 Å². The highest BCUT2D eigenvalue weighted by atomic mass is 16.5. The minimum absolute atomic E-state index is 0.0106. The molecule has 1 aromatic carbocycles. The fraction of sp³-hybridized carbons (Fsp3) is 0.333. The highest BCUT2D eigenvalue weighted by Gasteiger charge is 2.27. The van der Waals surface area contributed by atoms with Crippen LogP contribution < -0.4 is 20.1 Å². The van der Waals surface area contributed by atoms with Crippen molar-refractivity contribution < 1.29 is 14.3 Å². The van der Waals surface area contributed by atoms with Gasteiger partial charge in [0.25, 0.3) is 0 Å². The van der Waals surface area contributed by atoms with E-state index < -0.39 is 0 Å². The molecule has 0 radical (unpaired) electrons. The zero-order valence-electron chi connectivity index (χ0n) is 13.6. The average Bonchev–Trinajstić information content (AvgIpc) is 2.65. The molecule has 2 heterocycles. The van der Waals surface area contributed by atoms with Gasteiger partial charge in [0.2, 0.25) is 5.91 Å². The predicted octanol–water partition coefficient (Wildman–Crippen LogP) is 1.87. The summed E-state index contributed by atoms with van der Waals surface area (Å²) in [6.45, 7) is 1.57. The second-order valence-electron chi connectivity index (χ2n) is 5.62. The maximum atomic E-state index is 12.3. The first kappa shape index (κ1) is 16.1. The number of nitrogens with one attached hydrogen (secondary N) is 2. The molecule has 2 N–H and O–H groups in total.